The van der Waals surface area contributed by atoms with Gasteiger partial charge in [0.2, 0.25) is 11.8 Å². The van der Waals surface area contributed by atoms with Crippen molar-refractivity contribution < 1.29 is 9.59 Å². The largest absolute Gasteiger partial charge is 0.354 e. The summed E-state index contributed by atoms with van der Waals surface area (Å²) in [7, 11) is 0. The van der Waals surface area contributed by atoms with Gasteiger partial charge in [-0.05, 0) is 18.2 Å². The third-order valence-corrected chi connectivity index (χ3v) is 3.31. The molecule has 0 bridgehead atoms. The second kappa shape index (κ2) is 8.70. The van der Waals surface area contributed by atoms with E-state index in [4.69, 9.17) is 23.2 Å². The van der Waals surface area contributed by atoms with Gasteiger partial charge in [0.25, 0.3) is 0 Å². The van der Waals surface area contributed by atoms with Crippen LogP contribution in [0.5, 0.6) is 0 Å². The third-order valence-electron chi connectivity index (χ3n) is 2.65. The van der Waals surface area contributed by atoms with Gasteiger partial charge >= 0.3 is 0 Å². The van der Waals surface area contributed by atoms with Crippen LogP contribution in [-0.4, -0.2) is 24.9 Å². The van der Waals surface area contributed by atoms with E-state index in [9.17, 15) is 9.59 Å². The summed E-state index contributed by atoms with van der Waals surface area (Å²) in [6.45, 7) is 4.37. The molecular weight excluding hydrogens is 311 g/mol. The number of carbonyl (C=O) groups is 2. The highest BCUT2D eigenvalue weighted by Gasteiger charge is 2.05. The first kappa shape index (κ1) is 17.5. The third kappa shape index (κ3) is 6.19. The second-order valence-corrected chi connectivity index (χ2v) is 5.52. The number of benzene rings is 1. The molecule has 0 aliphatic carbocycles. The van der Waals surface area contributed by atoms with E-state index in [1.807, 2.05) is 13.8 Å². The molecule has 114 valence electrons. The fourth-order valence-corrected chi connectivity index (χ4v) is 1.99. The van der Waals surface area contributed by atoms with Crippen molar-refractivity contribution in [3.05, 3.63) is 39.9 Å². The number of hydrogen-bond donors (Lipinski definition) is 2. The lowest BCUT2D eigenvalue weighted by molar-refractivity contribution is -0.124. The monoisotopic (exact) mass is 328 g/mol. The summed E-state index contributed by atoms with van der Waals surface area (Å²) in [5, 5.41) is 6.33. The van der Waals surface area contributed by atoms with Crippen LogP contribution in [0.25, 0.3) is 6.08 Å². The predicted octanol–water partition coefficient (Wildman–Crippen LogP) is 2.90. The number of amides is 2. The van der Waals surface area contributed by atoms with Crippen molar-refractivity contribution in [1.29, 1.82) is 0 Å². The van der Waals surface area contributed by atoms with Crippen molar-refractivity contribution in [3.8, 4) is 0 Å². The Morgan fingerprint density at radius 1 is 1.14 bits per heavy atom. The molecular formula is C15H18Cl2N2O2. The minimum absolute atomic E-state index is 0.0392. The smallest absolute Gasteiger partial charge is 0.244 e. The highest BCUT2D eigenvalue weighted by atomic mass is 35.5. The Bertz CT molecular complexity index is 522. The van der Waals surface area contributed by atoms with Crippen LogP contribution in [0.2, 0.25) is 10.0 Å². The van der Waals surface area contributed by atoms with Gasteiger partial charge in [-0.1, -0.05) is 43.1 Å². The molecule has 1 aromatic carbocycles. The molecule has 0 saturated carbocycles. The summed E-state index contributed by atoms with van der Waals surface area (Å²) in [6.07, 6.45) is 2.92. The Morgan fingerprint density at radius 3 is 2.29 bits per heavy atom. The average Bonchev–Trinajstić information content (AvgIpc) is 2.42. The van der Waals surface area contributed by atoms with E-state index in [2.05, 4.69) is 10.6 Å². The molecule has 21 heavy (non-hydrogen) atoms. The first-order valence-electron chi connectivity index (χ1n) is 6.59. The Balaban J connectivity index is 2.40. The number of halogens is 2. The highest BCUT2D eigenvalue weighted by molar-refractivity contribution is 6.37. The van der Waals surface area contributed by atoms with E-state index >= 15 is 0 Å². The van der Waals surface area contributed by atoms with Crippen LogP contribution in [0, 0.1) is 5.92 Å². The lowest BCUT2D eigenvalue weighted by Crippen LogP contribution is -2.35. The molecule has 0 spiro atoms. The van der Waals surface area contributed by atoms with E-state index < -0.39 is 0 Å². The zero-order valence-corrected chi connectivity index (χ0v) is 13.5. The Hall–Kier alpha value is -1.52. The van der Waals surface area contributed by atoms with E-state index in [1.54, 1.807) is 24.3 Å². The summed E-state index contributed by atoms with van der Waals surface area (Å²) in [4.78, 5) is 22.9. The Kier molecular flexibility index (Phi) is 7.26. The van der Waals surface area contributed by atoms with E-state index in [0.717, 1.165) is 0 Å². The van der Waals surface area contributed by atoms with Gasteiger partial charge in [0.1, 0.15) is 0 Å². The number of rotatable bonds is 6. The summed E-state index contributed by atoms with van der Waals surface area (Å²) < 4.78 is 0. The van der Waals surface area contributed by atoms with Crippen molar-refractivity contribution >= 4 is 41.1 Å². The van der Waals surface area contributed by atoms with Gasteiger partial charge in [0.15, 0.2) is 0 Å². The van der Waals surface area contributed by atoms with Crippen molar-refractivity contribution in [2.45, 2.75) is 13.8 Å². The molecule has 2 amide bonds. The van der Waals surface area contributed by atoms with Crippen LogP contribution < -0.4 is 10.6 Å². The van der Waals surface area contributed by atoms with E-state index in [-0.39, 0.29) is 17.7 Å². The van der Waals surface area contributed by atoms with Crippen LogP contribution in [0.1, 0.15) is 19.4 Å². The summed E-state index contributed by atoms with van der Waals surface area (Å²) >= 11 is 12.0. The molecule has 0 heterocycles. The molecule has 0 aliphatic heterocycles. The van der Waals surface area contributed by atoms with Gasteiger partial charge < -0.3 is 10.6 Å². The van der Waals surface area contributed by atoms with Crippen LogP contribution in [0.4, 0.5) is 0 Å². The quantitative estimate of drug-likeness (QED) is 0.623. The summed E-state index contributed by atoms with van der Waals surface area (Å²) in [5.41, 5.74) is 0.601. The molecule has 0 aromatic heterocycles. The average molecular weight is 329 g/mol. The Morgan fingerprint density at radius 2 is 1.71 bits per heavy atom. The molecule has 1 rings (SSSR count). The van der Waals surface area contributed by atoms with Crippen LogP contribution >= 0.6 is 23.2 Å². The van der Waals surface area contributed by atoms with Gasteiger partial charge in [0.05, 0.1) is 0 Å². The predicted molar refractivity (Wildman–Crippen MR) is 86.4 cm³/mol. The van der Waals surface area contributed by atoms with Gasteiger partial charge in [-0.3, -0.25) is 9.59 Å². The molecule has 0 atom stereocenters. The first-order chi connectivity index (χ1) is 9.91. The fourth-order valence-electron chi connectivity index (χ4n) is 1.46. The molecule has 0 saturated heterocycles. The zero-order valence-electron chi connectivity index (χ0n) is 12.0. The summed E-state index contributed by atoms with van der Waals surface area (Å²) in [5.74, 6) is -0.379. The maximum Gasteiger partial charge on any atom is 0.244 e. The van der Waals surface area contributed by atoms with Gasteiger partial charge in [-0.2, -0.15) is 0 Å². The van der Waals surface area contributed by atoms with Gasteiger partial charge in [0, 0.05) is 40.7 Å². The fraction of sp³-hybridized carbons (Fsp3) is 0.333. The van der Waals surface area contributed by atoms with Crippen LogP contribution in [-0.2, 0) is 9.59 Å². The SMILES string of the molecule is CC(C)C(=O)NCCNC(=O)C=Cc1c(Cl)cccc1Cl. The maximum atomic E-state index is 11.6. The van der Waals surface area contributed by atoms with Crippen molar-refractivity contribution in [3.63, 3.8) is 0 Å². The molecule has 0 unspecified atom stereocenters. The molecule has 4 nitrogen and oxygen atoms in total. The lowest BCUT2D eigenvalue weighted by atomic mass is 10.2. The normalized spacial score (nSPS) is 10.9. The first-order valence-corrected chi connectivity index (χ1v) is 7.35. The second-order valence-electron chi connectivity index (χ2n) is 4.71. The summed E-state index contributed by atoms with van der Waals surface area (Å²) in [6, 6.07) is 5.14. The maximum absolute atomic E-state index is 11.6. The molecule has 0 fully saturated rings. The van der Waals surface area contributed by atoms with Crippen LogP contribution in [0.3, 0.4) is 0 Å². The number of nitrogens with one attached hydrogen (secondary N) is 2. The van der Waals surface area contributed by atoms with Crippen molar-refractivity contribution in [1.82, 2.24) is 10.6 Å². The van der Waals surface area contributed by atoms with Gasteiger partial charge in [-0.15, -0.1) is 0 Å². The topological polar surface area (TPSA) is 58.2 Å². The highest BCUT2D eigenvalue weighted by Crippen LogP contribution is 2.25. The molecule has 1 aromatic rings. The minimum atomic E-state index is -0.273. The molecule has 2 N–H and O–H groups in total. The molecule has 0 radical (unpaired) electrons. The van der Waals surface area contributed by atoms with E-state index in [0.29, 0.717) is 28.7 Å². The number of carbonyl (C=O) groups excluding carboxylic acids is 2. The number of hydrogen-bond acceptors (Lipinski definition) is 2. The van der Waals surface area contributed by atoms with Crippen LogP contribution in [0.15, 0.2) is 24.3 Å². The standard InChI is InChI=1S/C15H18Cl2N2O2/c1-10(2)15(21)19-9-8-18-14(20)7-6-11-12(16)4-3-5-13(11)17/h3-7,10H,8-9H2,1-2H3,(H,18,20)(H,19,21). The minimum Gasteiger partial charge on any atom is -0.354 e. The zero-order chi connectivity index (χ0) is 15.8. The lowest BCUT2D eigenvalue weighted by Gasteiger charge is -2.07. The Labute approximate surface area is 134 Å². The van der Waals surface area contributed by atoms with Crippen molar-refractivity contribution in [2.75, 3.05) is 13.1 Å². The van der Waals surface area contributed by atoms with Gasteiger partial charge in [-0.25, -0.2) is 0 Å². The molecule has 0 aliphatic rings. The van der Waals surface area contributed by atoms with E-state index in [1.165, 1.54) is 6.08 Å². The molecule has 6 heteroatoms. The van der Waals surface area contributed by atoms with Crippen molar-refractivity contribution in [2.24, 2.45) is 5.92 Å².